The fraction of sp³-hybridized carbons (Fsp3) is 0.333. The quantitative estimate of drug-likeness (QED) is 0.211. The van der Waals surface area contributed by atoms with Crippen molar-refractivity contribution in [2.24, 2.45) is 0 Å². The molecule has 0 fully saturated rings. The normalized spacial score (nSPS) is 11.2. The zero-order valence-corrected chi connectivity index (χ0v) is 21.8. The summed E-state index contributed by atoms with van der Waals surface area (Å²) in [6.07, 6.45) is 3.59. The SMILES string of the molecule is CC(C)c1ccc(OCCCCn2c(CCCNC(=O)c3ccc(Cl)cc3)nc3ccccc32)cc1. The molecule has 0 saturated heterocycles. The number of fused-ring (bicyclic) bond motifs is 1. The van der Waals surface area contributed by atoms with Crippen molar-refractivity contribution >= 4 is 28.5 Å². The third kappa shape index (κ3) is 6.88. The van der Waals surface area contributed by atoms with Crippen molar-refractivity contribution in [1.82, 2.24) is 14.9 Å². The molecule has 188 valence electrons. The molecule has 0 saturated carbocycles. The zero-order chi connectivity index (χ0) is 25.3. The van der Waals surface area contributed by atoms with Crippen LogP contribution in [0.15, 0.2) is 72.8 Å². The summed E-state index contributed by atoms with van der Waals surface area (Å²) in [5.41, 5.74) is 4.11. The van der Waals surface area contributed by atoms with Gasteiger partial charge in [0, 0.05) is 30.1 Å². The van der Waals surface area contributed by atoms with Crippen LogP contribution in [0.3, 0.4) is 0 Å². The van der Waals surface area contributed by atoms with E-state index in [4.69, 9.17) is 21.3 Å². The molecule has 0 bridgehead atoms. The van der Waals surface area contributed by atoms with Crippen LogP contribution >= 0.6 is 11.6 Å². The first-order chi connectivity index (χ1) is 17.5. The molecule has 6 heteroatoms. The van der Waals surface area contributed by atoms with Gasteiger partial charge in [-0.1, -0.05) is 49.7 Å². The van der Waals surface area contributed by atoms with Crippen LogP contribution in [0.5, 0.6) is 5.75 Å². The van der Waals surface area contributed by atoms with Gasteiger partial charge in [-0.15, -0.1) is 0 Å². The first kappa shape index (κ1) is 25.8. The smallest absolute Gasteiger partial charge is 0.251 e. The predicted octanol–water partition coefficient (Wildman–Crippen LogP) is 7.03. The number of benzene rings is 3. The first-order valence-electron chi connectivity index (χ1n) is 12.7. The highest BCUT2D eigenvalue weighted by molar-refractivity contribution is 6.30. The number of imidazole rings is 1. The van der Waals surface area contributed by atoms with Gasteiger partial charge in [0.2, 0.25) is 0 Å². The van der Waals surface area contributed by atoms with E-state index in [0.29, 0.717) is 29.7 Å². The molecule has 0 aliphatic carbocycles. The second-order valence-electron chi connectivity index (χ2n) is 9.31. The number of halogens is 1. The summed E-state index contributed by atoms with van der Waals surface area (Å²) in [5, 5.41) is 3.61. The fourth-order valence-electron chi connectivity index (χ4n) is 4.23. The van der Waals surface area contributed by atoms with Crippen molar-refractivity contribution in [3.8, 4) is 5.75 Å². The number of nitrogens with zero attached hydrogens (tertiary/aromatic N) is 2. The molecule has 0 atom stereocenters. The lowest BCUT2D eigenvalue weighted by atomic mass is 10.0. The van der Waals surface area contributed by atoms with Gasteiger partial charge in [-0.05, 0) is 79.3 Å². The summed E-state index contributed by atoms with van der Waals surface area (Å²) in [6.45, 7) is 6.57. The first-order valence-corrected chi connectivity index (χ1v) is 13.1. The Balaban J connectivity index is 1.27. The van der Waals surface area contributed by atoms with Gasteiger partial charge in [0.1, 0.15) is 11.6 Å². The molecule has 1 N–H and O–H groups in total. The maximum Gasteiger partial charge on any atom is 0.251 e. The second kappa shape index (κ2) is 12.6. The Morgan fingerprint density at radius 1 is 0.972 bits per heavy atom. The number of carbonyl (C=O) groups is 1. The van der Waals surface area contributed by atoms with E-state index in [-0.39, 0.29) is 5.91 Å². The number of ether oxygens (including phenoxy) is 1. The minimum absolute atomic E-state index is 0.0842. The Labute approximate surface area is 218 Å². The van der Waals surface area contributed by atoms with Crippen LogP contribution in [0.2, 0.25) is 5.02 Å². The topological polar surface area (TPSA) is 56.1 Å². The number of nitrogens with one attached hydrogen (secondary N) is 1. The van der Waals surface area contributed by atoms with Crippen molar-refractivity contribution in [2.45, 2.75) is 52.0 Å². The van der Waals surface area contributed by atoms with Gasteiger partial charge in [-0.3, -0.25) is 4.79 Å². The Morgan fingerprint density at radius 3 is 2.47 bits per heavy atom. The third-order valence-corrected chi connectivity index (χ3v) is 6.55. The highest BCUT2D eigenvalue weighted by Crippen LogP contribution is 2.20. The van der Waals surface area contributed by atoms with E-state index in [1.165, 1.54) is 5.56 Å². The maximum absolute atomic E-state index is 12.3. The monoisotopic (exact) mass is 503 g/mol. The predicted molar refractivity (Wildman–Crippen MR) is 147 cm³/mol. The van der Waals surface area contributed by atoms with Gasteiger partial charge in [-0.2, -0.15) is 0 Å². The number of carbonyl (C=O) groups excluding carboxylic acids is 1. The second-order valence-corrected chi connectivity index (χ2v) is 9.75. The molecule has 0 spiro atoms. The number of aryl methyl sites for hydroxylation is 2. The van der Waals surface area contributed by atoms with Gasteiger partial charge in [-0.25, -0.2) is 4.98 Å². The van der Waals surface area contributed by atoms with Gasteiger partial charge in [0.25, 0.3) is 5.91 Å². The van der Waals surface area contributed by atoms with Crippen molar-refractivity contribution in [3.63, 3.8) is 0 Å². The van der Waals surface area contributed by atoms with Crippen LogP contribution in [0, 0.1) is 0 Å². The van der Waals surface area contributed by atoms with Gasteiger partial charge < -0.3 is 14.6 Å². The molecular weight excluding hydrogens is 470 g/mol. The van der Waals surface area contributed by atoms with Crippen LogP contribution in [0.1, 0.15) is 60.8 Å². The van der Waals surface area contributed by atoms with E-state index in [2.05, 4.69) is 66.2 Å². The molecule has 4 rings (SSSR count). The molecule has 1 heterocycles. The molecule has 0 radical (unpaired) electrons. The minimum atomic E-state index is -0.0842. The third-order valence-electron chi connectivity index (χ3n) is 6.29. The number of unbranched alkanes of at least 4 members (excludes halogenated alkanes) is 1. The number of hydrogen-bond acceptors (Lipinski definition) is 3. The van der Waals surface area contributed by atoms with Crippen molar-refractivity contribution in [2.75, 3.05) is 13.2 Å². The molecule has 36 heavy (non-hydrogen) atoms. The van der Waals surface area contributed by atoms with Crippen LogP contribution in [0.4, 0.5) is 0 Å². The summed E-state index contributed by atoms with van der Waals surface area (Å²) >= 11 is 5.91. The average Bonchev–Trinajstić information content (AvgIpc) is 3.24. The molecule has 1 amide bonds. The summed E-state index contributed by atoms with van der Waals surface area (Å²) < 4.78 is 8.26. The highest BCUT2D eigenvalue weighted by atomic mass is 35.5. The van der Waals surface area contributed by atoms with E-state index < -0.39 is 0 Å². The van der Waals surface area contributed by atoms with E-state index >= 15 is 0 Å². The van der Waals surface area contributed by atoms with Crippen LogP contribution in [-0.2, 0) is 13.0 Å². The standard InChI is InChI=1S/C30H34ClN3O2/c1-22(2)23-13-17-26(18-14-23)36-21-6-5-20-34-28-9-4-3-8-27(28)33-29(34)10-7-19-32-30(35)24-11-15-25(31)16-12-24/h3-4,8-9,11-18,22H,5-7,10,19-21H2,1-2H3,(H,32,35). The summed E-state index contributed by atoms with van der Waals surface area (Å²) in [4.78, 5) is 17.2. The van der Waals surface area contributed by atoms with Crippen LogP contribution in [-0.4, -0.2) is 28.6 Å². The van der Waals surface area contributed by atoms with Gasteiger partial charge in [0.15, 0.2) is 0 Å². The lowest BCUT2D eigenvalue weighted by Gasteiger charge is -2.11. The zero-order valence-electron chi connectivity index (χ0n) is 21.0. The van der Waals surface area contributed by atoms with Gasteiger partial charge in [0.05, 0.1) is 17.6 Å². The van der Waals surface area contributed by atoms with Gasteiger partial charge >= 0.3 is 0 Å². The average molecular weight is 504 g/mol. The van der Waals surface area contributed by atoms with E-state index in [9.17, 15) is 4.79 Å². The van der Waals surface area contributed by atoms with Crippen LogP contribution in [0.25, 0.3) is 11.0 Å². The minimum Gasteiger partial charge on any atom is -0.494 e. The van der Waals surface area contributed by atoms with Crippen molar-refractivity contribution in [1.29, 1.82) is 0 Å². The Hall–Kier alpha value is -3.31. The largest absolute Gasteiger partial charge is 0.494 e. The fourth-order valence-corrected chi connectivity index (χ4v) is 4.35. The number of amides is 1. The molecular formula is C30H34ClN3O2. The van der Waals surface area contributed by atoms with Crippen LogP contribution < -0.4 is 10.1 Å². The Morgan fingerprint density at radius 2 is 1.72 bits per heavy atom. The number of para-hydroxylation sites is 2. The summed E-state index contributed by atoms with van der Waals surface area (Å²) in [7, 11) is 0. The molecule has 5 nitrogen and oxygen atoms in total. The Kier molecular flexibility index (Phi) is 9.01. The molecule has 4 aromatic rings. The highest BCUT2D eigenvalue weighted by Gasteiger charge is 2.11. The molecule has 3 aromatic carbocycles. The molecule has 0 aliphatic heterocycles. The van der Waals surface area contributed by atoms with E-state index in [1.54, 1.807) is 24.3 Å². The van der Waals surface area contributed by atoms with Crippen molar-refractivity contribution < 1.29 is 9.53 Å². The van der Waals surface area contributed by atoms with E-state index in [1.807, 2.05) is 6.07 Å². The number of hydrogen-bond donors (Lipinski definition) is 1. The number of aromatic nitrogens is 2. The molecule has 0 aliphatic rings. The summed E-state index contributed by atoms with van der Waals surface area (Å²) in [6, 6.07) is 23.6. The summed E-state index contributed by atoms with van der Waals surface area (Å²) in [5.74, 6) is 2.42. The maximum atomic E-state index is 12.3. The lowest BCUT2D eigenvalue weighted by molar-refractivity contribution is 0.0953. The number of rotatable bonds is 12. The van der Waals surface area contributed by atoms with Crippen molar-refractivity contribution in [3.05, 3.63) is 94.8 Å². The molecule has 1 aromatic heterocycles. The Bertz CT molecular complexity index is 1260. The van der Waals surface area contributed by atoms with E-state index in [0.717, 1.165) is 54.8 Å². The lowest BCUT2D eigenvalue weighted by Crippen LogP contribution is -2.25. The molecule has 0 unspecified atom stereocenters.